The molecule has 2 heterocycles. The first-order chi connectivity index (χ1) is 9.16. The number of nitrogens with zero attached hydrogens (tertiary/aromatic N) is 2. The summed E-state index contributed by atoms with van der Waals surface area (Å²) in [5.41, 5.74) is 5.75. The van der Waals surface area contributed by atoms with Crippen LogP contribution < -0.4 is 0 Å². The zero-order chi connectivity index (χ0) is 14.0. The minimum atomic E-state index is 0.967. The molecule has 100 valence electrons. The predicted molar refractivity (Wildman–Crippen MR) is 79.2 cm³/mol. The number of furan rings is 1. The van der Waals surface area contributed by atoms with E-state index in [1.165, 1.54) is 16.7 Å². The Labute approximate surface area is 113 Å². The van der Waals surface area contributed by atoms with Crippen molar-refractivity contribution >= 4 is 11.0 Å². The summed E-state index contributed by atoms with van der Waals surface area (Å²) in [4.78, 5) is 0. The number of benzene rings is 1. The molecule has 0 atom stereocenters. The van der Waals surface area contributed by atoms with E-state index in [0.29, 0.717) is 0 Å². The first-order valence-corrected chi connectivity index (χ1v) is 6.63. The normalized spacial score (nSPS) is 10.4. The Morgan fingerprint density at radius 1 is 1.16 bits per heavy atom. The first kappa shape index (κ1) is 13.4. The van der Waals surface area contributed by atoms with E-state index in [9.17, 15) is 0 Å². The minimum Gasteiger partial charge on any atom is -0.464 e. The molecule has 0 radical (unpaired) electrons. The van der Waals surface area contributed by atoms with Crippen molar-refractivity contribution in [3.8, 4) is 11.1 Å². The van der Waals surface area contributed by atoms with E-state index in [-0.39, 0.29) is 0 Å². The van der Waals surface area contributed by atoms with Crippen LogP contribution in [-0.2, 0) is 7.05 Å². The van der Waals surface area contributed by atoms with Gasteiger partial charge in [-0.25, -0.2) is 0 Å². The highest BCUT2D eigenvalue weighted by atomic mass is 16.3. The van der Waals surface area contributed by atoms with Gasteiger partial charge in [0.25, 0.3) is 0 Å². The summed E-state index contributed by atoms with van der Waals surface area (Å²) in [6.45, 7) is 8.20. The van der Waals surface area contributed by atoms with E-state index < -0.39 is 0 Å². The van der Waals surface area contributed by atoms with E-state index in [2.05, 4.69) is 25.0 Å². The van der Waals surface area contributed by atoms with Crippen LogP contribution in [-0.4, -0.2) is 9.78 Å². The van der Waals surface area contributed by atoms with Gasteiger partial charge < -0.3 is 4.42 Å². The summed E-state index contributed by atoms with van der Waals surface area (Å²) in [5.74, 6) is 0. The monoisotopic (exact) mass is 256 g/mol. The van der Waals surface area contributed by atoms with Gasteiger partial charge in [-0.05, 0) is 36.6 Å². The highest BCUT2D eigenvalue weighted by molar-refractivity contribution is 5.97. The Hall–Kier alpha value is -2.03. The third kappa shape index (κ3) is 2.28. The summed E-state index contributed by atoms with van der Waals surface area (Å²) in [6, 6.07) is 4.19. The molecule has 0 bridgehead atoms. The molecule has 3 nitrogen and oxygen atoms in total. The van der Waals surface area contributed by atoms with Crippen molar-refractivity contribution in [2.24, 2.45) is 7.05 Å². The Bertz CT molecular complexity index is 692. The average molecular weight is 256 g/mol. The van der Waals surface area contributed by atoms with Crippen molar-refractivity contribution in [3.05, 3.63) is 41.9 Å². The molecule has 0 N–H and O–H groups in total. The van der Waals surface area contributed by atoms with E-state index in [1.54, 1.807) is 6.26 Å². The second kappa shape index (κ2) is 5.31. The summed E-state index contributed by atoms with van der Waals surface area (Å²) in [7, 11) is 1.93. The van der Waals surface area contributed by atoms with Crippen molar-refractivity contribution in [2.45, 2.75) is 27.7 Å². The van der Waals surface area contributed by atoms with Crippen LogP contribution in [0.4, 0.5) is 0 Å². The molecule has 2 aromatic heterocycles. The molecule has 0 aliphatic heterocycles. The van der Waals surface area contributed by atoms with Gasteiger partial charge >= 0.3 is 0 Å². The van der Waals surface area contributed by atoms with Gasteiger partial charge in [-0.15, -0.1) is 0 Å². The summed E-state index contributed by atoms with van der Waals surface area (Å²) in [5, 5.41) is 5.40. The molecular weight excluding hydrogens is 236 g/mol. The molecule has 0 saturated carbocycles. The number of fused-ring (bicyclic) bond motifs is 1. The highest BCUT2D eigenvalue weighted by Crippen LogP contribution is 2.34. The van der Waals surface area contributed by atoms with E-state index >= 15 is 0 Å². The maximum Gasteiger partial charge on any atom is 0.137 e. The van der Waals surface area contributed by atoms with Gasteiger partial charge in [0.2, 0.25) is 0 Å². The van der Waals surface area contributed by atoms with Gasteiger partial charge in [0.1, 0.15) is 5.58 Å². The lowest BCUT2D eigenvalue weighted by molar-refractivity contribution is 0.613. The van der Waals surface area contributed by atoms with Crippen LogP contribution in [0.3, 0.4) is 0 Å². The maximum atomic E-state index is 5.55. The Balaban J connectivity index is 0.000000637. The van der Waals surface area contributed by atoms with Crippen LogP contribution in [0.25, 0.3) is 22.1 Å². The van der Waals surface area contributed by atoms with Crippen LogP contribution in [0.1, 0.15) is 25.0 Å². The Kier molecular flexibility index (Phi) is 3.74. The van der Waals surface area contributed by atoms with Gasteiger partial charge in [0.05, 0.1) is 12.5 Å². The Morgan fingerprint density at radius 3 is 2.53 bits per heavy atom. The highest BCUT2D eigenvalue weighted by Gasteiger charge is 2.12. The molecule has 0 aliphatic rings. The van der Waals surface area contributed by atoms with Gasteiger partial charge in [0.15, 0.2) is 0 Å². The van der Waals surface area contributed by atoms with Crippen molar-refractivity contribution in [1.82, 2.24) is 9.78 Å². The van der Waals surface area contributed by atoms with Crippen LogP contribution in [0.2, 0.25) is 0 Å². The molecule has 0 spiro atoms. The van der Waals surface area contributed by atoms with Crippen LogP contribution in [0.15, 0.2) is 35.2 Å². The van der Waals surface area contributed by atoms with Gasteiger partial charge in [-0.1, -0.05) is 19.9 Å². The fourth-order valence-corrected chi connectivity index (χ4v) is 2.42. The Morgan fingerprint density at radius 2 is 1.89 bits per heavy atom. The van der Waals surface area contributed by atoms with Crippen LogP contribution in [0, 0.1) is 13.8 Å². The molecule has 3 heteroatoms. The van der Waals surface area contributed by atoms with E-state index in [0.717, 1.165) is 16.5 Å². The summed E-state index contributed by atoms with van der Waals surface area (Å²) in [6.07, 6.45) is 5.67. The lowest BCUT2D eigenvalue weighted by Crippen LogP contribution is -1.86. The number of hydrogen-bond acceptors (Lipinski definition) is 2. The second-order valence-corrected chi connectivity index (χ2v) is 4.45. The third-order valence-corrected chi connectivity index (χ3v) is 3.11. The smallest absolute Gasteiger partial charge is 0.137 e. The summed E-state index contributed by atoms with van der Waals surface area (Å²) < 4.78 is 7.37. The van der Waals surface area contributed by atoms with Crippen molar-refractivity contribution in [2.75, 3.05) is 0 Å². The fourth-order valence-electron chi connectivity index (χ4n) is 2.42. The zero-order valence-electron chi connectivity index (χ0n) is 12.2. The number of hydrogen-bond donors (Lipinski definition) is 0. The largest absolute Gasteiger partial charge is 0.464 e. The standard InChI is InChI=1S/C14H14N2O.C2H6/c1-9-6-10(2)14-12(4-5-17-14)13(9)11-7-15-16(3)8-11;1-2/h4-8H,1-3H3;1-2H3. The van der Waals surface area contributed by atoms with E-state index in [4.69, 9.17) is 4.42 Å². The molecule has 0 amide bonds. The molecule has 0 aliphatic carbocycles. The lowest BCUT2D eigenvalue weighted by atomic mass is 9.97. The minimum absolute atomic E-state index is 0.967. The summed E-state index contributed by atoms with van der Waals surface area (Å²) >= 11 is 0. The molecule has 19 heavy (non-hydrogen) atoms. The van der Waals surface area contributed by atoms with Gasteiger partial charge in [-0.3, -0.25) is 4.68 Å². The molecule has 3 rings (SSSR count). The maximum absolute atomic E-state index is 5.55. The number of aryl methyl sites for hydroxylation is 3. The molecule has 1 aromatic carbocycles. The zero-order valence-corrected chi connectivity index (χ0v) is 12.2. The SMILES string of the molecule is CC.Cc1cc(C)c2occc2c1-c1cnn(C)c1. The predicted octanol–water partition coefficient (Wildman–Crippen LogP) is 4.48. The molecule has 0 fully saturated rings. The fraction of sp³-hybridized carbons (Fsp3) is 0.312. The topological polar surface area (TPSA) is 31.0 Å². The molecule has 0 saturated heterocycles. The lowest BCUT2D eigenvalue weighted by Gasteiger charge is -2.07. The average Bonchev–Trinajstić information content (AvgIpc) is 3.01. The molecule has 3 aromatic rings. The van der Waals surface area contributed by atoms with E-state index in [1.807, 2.05) is 44.0 Å². The first-order valence-electron chi connectivity index (χ1n) is 6.63. The number of rotatable bonds is 1. The van der Waals surface area contributed by atoms with Crippen LogP contribution in [0.5, 0.6) is 0 Å². The molecular formula is C16H20N2O. The number of aromatic nitrogens is 2. The quantitative estimate of drug-likeness (QED) is 0.643. The second-order valence-electron chi connectivity index (χ2n) is 4.45. The molecule has 0 unspecified atom stereocenters. The van der Waals surface area contributed by atoms with Gasteiger partial charge in [-0.2, -0.15) is 5.10 Å². The van der Waals surface area contributed by atoms with Gasteiger partial charge in [0, 0.05) is 24.2 Å². The van der Waals surface area contributed by atoms with Crippen molar-refractivity contribution in [3.63, 3.8) is 0 Å². The van der Waals surface area contributed by atoms with Crippen LogP contribution >= 0.6 is 0 Å². The van der Waals surface area contributed by atoms with Crippen molar-refractivity contribution in [1.29, 1.82) is 0 Å². The van der Waals surface area contributed by atoms with Crippen molar-refractivity contribution < 1.29 is 4.42 Å². The third-order valence-electron chi connectivity index (χ3n) is 3.11.